The molecule has 2 aromatic carbocycles. The fraction of sp³-hybridized carbons (Fsp3) is 0.409. The molecule has 0 heterocycles. The van der Waals surface area contributed by atoms with E-state index in [1.807, 2.05) is 24.3 Å². The summed E-state index contributed by atoms with van der Waals surface area (Å²) >= 11 is 0. The van der Waals surface area contributed by atoms with Crippen LogP contribution in [0.5, 0.6) is 5.75 Å². The average Bonchev–Trinajstić information content (AvgIpc) is 2.64. The van der Waals surface area contributed by atoms with E-state index in [1.165, 1.54) is 5.56 Å². The lowest BCUT2D eigenvalue weighted by atomic mass is 9.98. The van der Waals surface area contributed by atoms with Crippen LogP contribution in [-0.4, -0.2) is 12.5 Å². The topological polar surface area (TPSA) is 38.3 Å². The van der Waals surface area contributed by atoms with Gasteiger partial charge in [-0.25, -0.2) is 0 Å². The summed E-state index contributed by atoms with van der Waals surface area (Å²) in [6, 6.07) is 15.9. The molecule has 0 unspecified atom stereocenters. The molecule has 0 spiro atoms. The lowest BCUT2D eigenvalue weighted by Gasteiger charge is -2.18. The largest absolute Gasteiger partial charge is 0.494 e. The highest BCUT2D eigenvalue weighted by Gasteiger charge is 2.14. The van der Waals surface area contributed by atoms with Crippen molar-refractivity contribution in [3.05, 3.63) is 65.2 Å². The van der Waals surface area contributed by atoms with Crippen LogP contribution in [0.25, 0.3) is 0 Å². The van der Waals surface area contributed by atoms with Gasteiger partial charge in [0.15, 0.2) is 0 Å². The van der Waals surface area contributed by atoms with Crippen molar-refractivity contribution in [2.24, 2.45) is 0 Å². The van der Waals surface area contributed by atoms with Crippen molar-refractivity contribution in [3.63, 3.8) is 0 Å². The zero-order valence-electron chi connectivity index (χ0n) is 15.7. The molecule has 1 atom stereocenters. The predicted molar refractivity (Wildman–Crippen MR) is 103 cm³/mol. The number of carbonyl (C=O) groups excluding carboxylic acids is 1. The number of nitrogens with one attached hydrogen (secondary N) is 1. The van der Waals surface area contributed by atoms with Crippen molar-refractivity contribution in [1.82, 2.24) is 5.32 Å². The summed E-state index contributed by atoms with van der Waals surface area (Å²) in [4.78, 5) is 12.5. The van der Waals surface area contributed by atoms with E-state index in [2.05, 4.69) is 57.3 Å². The van der Waals surface area contributed by atoms with Gasteiger partial charge in [-0.3, -0.25) is 4.79 Å². The second kappa shape index (κ2) is 9.26. The van der Waals surface area contributed by atoms with Gasteiger partial charge >= 0.3 is 0 Å². The maximum absolute atomic E-state index is 12.5. The Balaban J connectivity index is 2.03. The first-order chi connectivity index (χ1) is 12.0. The van der Waals surface area contributed by atoms with E-state index in [0.717, 1.165) is 24.2 Å². The number of hydrogen-bond acceptors (Lipinski definition) is 2. The number of ether oxygens (including phenoxy) is 1. The smallest absolute Gasteiger partial charge is 0.251 e. The van der Waals surface area contributed by atoms with Crippen molar-refractivity contribution < 1.29 is 9.53 Å². The van der Waals surface area contributed by atoms with Gasteiger partial charge in [0.2, 0.25) is 0 Å². The van der Waals surface area contributed by atoms with Crippen molar-refractivity contribution >= 4 is 5.91 Å². The molecular formula is C22H29NO2. The molecule has 3 heteroatoms. The van der Waals surface area contributed by atoms with E-state index in [-0.39, 0.29) is 11.9 Å². The van der Waals surface area contributed by atoms with Crippen LogP contribution >= 0.6 is 0 Å². The van der Waals surface area contributed by atoms with E-state index in [4.69, 9.17) is 4.74 Å². The second-order valence-electron chi connectivity index (χ2n) is 6.63. The first-order valence-corrected chi connectivity index (χ1v) is 9.18. The standard InChI is InChI=1S/C22H29NO2/c1-5-15-25-20-13-11-19(12-14-20)22(24)23-21(6-2)18-9-7-17(8-10-18)16(3)4/h7-14,16,21H,5-6,15H2,1-4H3,(H,23,24)/t21-/m1/s1. The van der Waals surface area contributed by atoms with Crippen LogP contribution in [0.2, 0.25) is 0 Å². The van der Waals surface area contributed by atoms with E-state index < -0.39 is 0 Å². The quantitative estimate of drug-likeness (QED) is 0.691. The number of carbonyl (C=O) groups is 1. The highest BCUT2D eigenvalue weighted by Crippen LogP contribution is 2.21. The molecular weight excluding hydrogens is 310 g/mol. The molecule has 2 aromatic rings. The van der Waals surface area contributed by atoms with E-state index in [0.29, 0.717) is 18.1 Å². The van der Waals surface area contributed by atoms with E-state index in [9.17, 15) is 4.79 Å². The molecule has 0 bridgehead atoms. The summed E-state index contributed by atoms with van der Waals surface area (Å²) in [5.74, 6) is 1.26. The first-order valence-electron chi connectivity index (χ1n) is 9.18. The Bertz CT molecular complexity index is 659. The minimum atomic E-state index is -0.0539. The summed E-state index contributed by atoms with van der Waals surface area (Å²) < 4.78 is 5.56. The van der Waals surface area contributed by atoms with Crippen molar-refractivity contribution in [2.45, 2.75) is 52.5 Å². The zero-order chi connectivity index (χ0) is 18.2. The molecule has 25 heavy (non-hydrogen) atoms. The Labute approximate surface area is 151 Å². The number of rotatable bonds is 8. The minimum absolute atomic E-state index is 0.0183. The molecule has 0 radical (unpaired) electrons. The fourth-order valence-corrected chi connectivity index (χ4v) is 2.70. The maximum Gasteiger partial charge on any atom is 0.251 e. The van der Waals surface area contributed by atoms with Gasteiger partial charge in [0.1, 0.15) is 5.75 Å². The molecule has 0 aliphatic carbocycles. The third kappa shape index (κ3) is 5.35. The van der Waals surface area contributed by atoms with Gasteiger partial charge in [0.05, 0.1) is 12.6 Å². The van der Waals surface area contributed by atoms with Crippen molar-refractivity contribution in [2.75, 3.05) is 6.61 Å². The summed E-state index contributed by atoms with van der Waals surface area (Å²) in [5.41, 5.74) is 3.11. The SMILES string of the molecule is CCCOc1ccc(C(=O)N[C@H](CC)c2ccc(C(C)C)cc2)cc1. The van der Waals surface area contributed by atoms with Crippen LogP contribution in [0.15, 0.2) is 48.5 Å². The van der Waals surface area contributed by atoms with Gasteiger partial charge in [-0.05, 0) is 54.2 Å². The average molecular weight is 339 g/mol. The number of amides is 1. The van der Waals surface area contributed by atoms with E-state index in [1.54, 1.807) is 0 Å². The Hall–Kier alpha value is -2.29. The molecule has 1 amide bonds. The fourth-order valence-electron chi connectivity index (χ4n) is 2.70. The van der Waals surface area contributed by atoms with Gasteiger partial charge in [0.25, 0.3) is 5.91 Å². The van der Waals surface area contributed by atoms with Gasteiger partial charge in [-0.1, -0.05) is 52.0 Å². The molecule has 2 rings (SSSR count). The van der Waals surface area contributed by atoms with E-state index >= 15 is 0 Å². The van der Waals surface area contributed by atoms with Gasteiger partial charge in [0, 0.05) is 5.56 Å². The van der Waals surface area contributed by atoms with Crippen LogP contribution < -0.4 is 10.1 Å². The highest BCUT2D eigenvalue weighted by molar-refractivity contribution is 5.94. The number of hydrogen-bond donors (Lipinski definition) is 1. The molecule has 0 aliphatic rings. The van der Waals surface area contributed by atoms with Crippen LogP contribution in [0, 0.1) is 0 Å². The Kier molecular flexibility index (Phi) is 7.05. The molecule has 0 aliphatic heterocycles. The Morgan fingerprint density at radius 3 is 2.08 bits per heavy atom. The Morgan fingerprint density at radius 1 is 0.960 bits per heavy atom. The lowest BCUT2D eigenvalue weighted by Crippen LogP contribution is -2.28. The zero-order valence-corrected chi connectivity index (χ0v) is 15.7. The molecule has 0 saturated carbocycles. The van der Waals surface area contributed by atoms with Crippen LogP contribution in [0.1, 0.15) is 74.0 Å². The third-order valence-corrected chi connectivity index (χ3v) is 4.31. The normalized spacial score (nSPS) is 12.0. The second-order valence-corrected chi connectivity index (χ2v) is 6.63. The molecule has 0 fully saturated rings. The highest BCUT2D eigenvalue weighted by atomic mass is 16.5. The molecule has 3 nitrogen and oxygen atoms in total. The van der Waals surface area contributed by atoms with Crippen LogP contribution in [0.3, 0.4) is 0 Å². The summed E-state index contributed by atoms with van der Waals surface area (Å²) in [7, 11) is 0. The summed E-state index contributed by atoms with van der Waals surface area (Å²) in [6.45, 7) is 9.21. The monoisotopic (exact) mass is 339 g/mol. The third-order valence-electron chi connectivity index (χ3n) is 4.31. The first kappa shape index (κ1) is 19.0. The van der Waals surface area contributed by atoms with Gasteiger partial charge in [-0.15, -0.1) is 0 Å². The molecule has 0 aromatic heterocycles. The molecule has 0 saturated heterocycles. The number of benzene rings is 2. The molecule has 134 valence electrons. The minimum Gasteiger partial charge on any atom is -0.494 e. The lowest BCUT2D eigenvalue weighted by molar-refractivity contribution is 0.0935. The summed E-state index contributed by atoms with van der Waals surface area (Å²) in [5, 5.41) is 3.13. The van der Waals surface area contributed by atoms with Crippen molar-refractivity contribution in [1.29, 1.82) is 0 Å². The Morgan fingerprint density at radius 2 is 1.56 bits per heavy atom. The predicted octanol–water partition coefficient (Wildman–Crippen LogP) is 5.48. The maximum atomic E-state index is 12.5. The molecule has 1 N–H and O–H groups in total. The summed E-state index contributed by atoms with van der Waals surface area (Å²) in [6.07, 6.45) is 1.82. The van der Waals surface area contributed by atoms with Crippen LogP contribution in [-0.2, 0) is 0 Å². The van der Waals surface area contributed by atoms with Gasteiger partial charge < -0.3 is 10.1 Å². The van der Waals surface area contributed by atoms with Gasteiger partial charge in [-0.2, -0.15) is 0 Å². The van der Waals surface area contributed by atoms with Crippen molar-refractivity contribution in [3.8, 4) is 5.75 Å². The van der Waals surface area contributed by atoms with Crippen LogP contribution in [0.4, 0.5) is 0 Å².